The van der Waals surface area contributed by atoms with Crippen molar-refractivity contribution < 1.29 is 5.11 Å². The van der Waals surface area contributed by atoms with Gasteiger partial charge in [-0.3, -0.25) is 0 Å². The molecule has 0 amide bonds. The highest BCUT2D eigenvalue weighted by molar-refractivity contribution is 4.95. The summed E-state index contributed by atoms with van der Waals surface area (Å²) >= 11 is 0. The Morgan fingerprint density at radius 3 is 3.08 bits per heavy atom. The van der Waals surface area contributed by atoms with Crippen LogP contribution in [0, 0.1) is 5.92 Å². The van der Waals surface area contributed by atoms with E-state index in [1.807, 2.05) is 0 Å². The highest BCUT2D eigenvalue weighted by Crippen LogP contribution is 2.37. The number of aliphatic hydroxyl groups is 1. The Kier molecular flexibility index (Phi) is 2.61. The molecule has 2 saturated heterocycles. The molecule has 76 valence electrons. The van der Waals surface area contributed by atoms with E-state index in [9.17, 15) is 5.11 Å². The van der Waals surface area contributed by atoms with E-state index in [-0.39, 0.29) is 5.60 Å². The molecule has 0 aromatic heterocycles. The van der Waals surface area contributed by atoms with Crippen molar-refractivity contribution in [1.29, 1.82) is 0 Å². The molecular formula is C11H21NO. The van der Waals surface area contributed by atoms with Crippen LogP contribution in [0.25, 0.3) is 0 Å². The van der Waals surface area contributed by atoms with Crippen molar-refractivity contribution in [2.75, 3.05) is 19.6 Å². The Bertz CT molecular complexity index is 183. The van der Waals surface area contributed by atoms with Crippen LogP contribution in [0.1, 0.15) is 39.0 Å². The second kappa shape index (κ2) is 3.58. The third kappa shape index (κ3) is 1.75. The smallest absolute Gasteiger partial charge is 0.0700 e. The summed E-state index contributed by atoms with van der Waals surface area (Å²) in [5, 5.41) is 10.5. The molecule has 0 aliphatic carbocycles. The summed E-state index contributed by atoms with van der Waals surface area (Å²) in [7, 11) is 0. The van der Waals surface area contributed by atoms with Crippen molar-refractivity contribution >= 4 is 0 Å². The molecule has 0 saturated carbocycles. The third-order valence-corrected chi connectivity index (χ3v) is 3.81. The molecule has 0 spiro atoms. The van der Waals surface area contributed by atoms with Crippen LogP contribution in [0.2, 0.25) is 0 Å². The van der Waals surface area contributed by atoms with E-state index in [0.29, 0.717) is 5.92 Å². The Hall–Kier alpha value is -0.0800. The molecular weight excluding hydrogens is 162 g/mol. The van der Waals surface area contributed by atoms with Gasteiger partial charge in [0.05, 0.1) is 5.60 Å². The Morgan fingerprint density at radius 1 is 1.46 bits per heavy atom. The summed E-state index contributed by atoms with van der Waals surface area (Å²) in [6.07, 6.45) is 5.66. The minimum atomic E-state index is -0.314. The summed E-state index contributed by atoms with van der Waals surface area (Å²) in [5.74, 6) is 0.565. The normalized spacial score (nSPS) is 44.8. The van der Waals surface area contributed by atoms with E-state index in [1.165, 1.54) is 19.4 Å². The summed E-state index contributed by atoms with van der Waals surface area (Å²) < 4.78 is 0. The molecule has 2 aliphatic rings. The highest BCUT2D eigenvalue weighted by Gasteiger charge is 2.41. The zero-order valence-corrected chi connectivity index (χ0v) is 8.63. The minimum Gasteiger partial charge on any atom is -0.390 e. The molecule has 1 N–H and O–H groups in total. The van der Waals surface area contributed by atoms with E-state index in [4.69, 9.17) is 0 Å². The topological polar surface area (TPSA) is 23.5 Å². The van der Waals surface area contributed by atoms with Gasteiger partial charge in [-0.15, -0.1) is 0 Å². The van der Waals surface area contributed by atoms with Gasteiger partial charge in [-0.25, -0.2) is 0 Å². The summed E-state index contributed by atoms with van der Waals surface area (Å²) in [4.78, 5) is 2.51. The van der Waals surface area contributed by atoms with Gasteiger partial charge in [0.2, 0.25) is 0 Å². The monoisotopic (exact) mass is 183 g/mol. The lowest BCUT2D eigenvalue weighted by Gasteiger charge is -2.48. The van der Waals surface area contributed by atoms with Crippen LogP contribution in [0.4, 0.5) is 0 Å². The molecule has 3 unspecified atom stereocenters. The van der Waals surface area contributed by atoms with E-state index < -0.39 is 0 Å². The van der Waals surface area contributed by atoms with Crippen molar-refractivity contribution in [3.8, 4) is 0 Å². The summed E-state index contributed by atoms with van der Waals surface area (Å²) in [6.45, 7) is 5.70. The molecule has 2 nitrogen and oxygen atoms in total. The molecule has 0 aromatic rings. The number of nitrogens with zero attached hydrogens (tertiary/aromatic N) is 1. The Morgan fingerprint density at radius 2 is 2.31 bits per heavy atom. The molecule has 3 atom stereocenters. The van der Waals surface area contributed by atoms with Crippen molar-refractivity contribution in [2.45, 2.75) is 44.6 Å². The molecule has 2 heteroatoms. The second-order valence-corrected chi connectivity index (χ2v) is 4.74. The van der Waals surface area contributed by atoms with Gasteiger partial charge in [0, 0.05) is 19.0 Å². The van der Waals surface area contributed by atoms with E-state index in [2.05, 4.69) is 11.8 Å². The van der Waals surface area contributed by atoms with Crippen LogP contribution in [0.3, 0.4) is 0 Å². The van der Waals surface area contributed by atoms with E-state index >= 15 is 0 Å². The van der Waals surface area contributed by atoms with Crippen LogP contribution >= 0.6 is 0 Å². The van der Waals surface area contributed by atoms with Crippen molar-refractivity contribution in [3.63, 3.8) is 0 Å². The number of hydrogen-bond acceptors (Lipinski definition) is 2. The average Bonchev–Trinajstić information content (AvgIpc) is 2.14. The first-order valence-electron chi connectivity index (χ1n) is 5.69. The Labute approximate surface area is 80.9 Å². The molecule has 0 aromatic carbocycles. The van der Waals surface area contributed by atoms with Crippen LogP contribution in [-0.4, -0.2) is 35.2 Å². The van der Waals surface area contributed by atoms with Gasteiger partial charge in [0.15, 0.2) is 0 Å². The lowest BCUT2D eigenvalue weighted by molar-refractivity contribution is -0.0951. The molecule has 2 fully saturated rings. The van der Waals surface area contributed by atoms with Gasteiger partial charge in [-0.1, -0.05) is 13.3 Å². The maximum atomic E-state index is 10.5. The first-order valence-corrected chi connectivity index (χ1v) is 5.69. The number of piperidine rings is 2. The largest absolute Gasteiger partial charge is 0.390 e. The minimum absolute atomic E-state index is 0.314. The SMILES string of the molecule is CCCC1(O)CCN2CCCC1C2. The number of fused-ring (bicyclic) bond motifs is 2. The van der Waals surface area contributed by atoms with Gasteiger partial charge in [-0.2, -0.15) is 0 Å². The maximum absolute atomic E-state index is 10.5. The molecule has 2 bridgehead atoms. The van der Waals surface area contributed by atoms with Gasteiger partial charge >= 0.3 is 0 Å². The van der Waals surface area contributed by atoms with Crippen LogP contribution in [0.5, 0.6) is 0 Å². The zero-order valence-electron chi connectivity index (χ0n) is 8.63. The predicted molar refractivity (Wildman–Crippen MR) is 53.6 cm³/mol. The first kappa shape index (κ1) is 9.47. The van der Waals surface area contributed by atoms with Crippen LogP contribution < -0.4 is 0 Å². The molecule has 0 radical (unpaired) electrons. The molecule has 2 heterocycles. The van der Waals surface area contributed by atoms with Crippen molar-refractivity contribution in [2.24, 2.45) is 5.92 Å². The quantitative estimate of drug-likeness (QED) is 0.703. The number of hydrogen-bond donors (Lipinski definition) is 1. The molecule has 13 heavy (non-hydrogen) atoms. The van der Waals surface area contributed by atoms with Gasteiger partial charge in [-0.05, 0) is 32.2 Å². The third-order valence-electron chi connectivity index (χ3n) is 3.81. The Balaban J connectivity index is 2.03. The second-order valence-electron chi connectivity index (χ2n) is 4.74. The van der Waals surface area contributed by atoms with Gasteiger partial charge < -0.3 is 10.0 Å². The van der Waals surface area contributed by atoms with Crippen LogP contribution in [0.15, 0.2) is 0 Å². The summed E-state index contributed by atoms with van der Waals surface area (Å²) in [6, 6.07) is 0. The molecule has 2 rings (SSSR count). The maximum Gasteiger partial charge on any atom is 0.0700 e. The summed E-state index contributed by atoms with van der Waals surface area (Å²) in [5.41, 5.74) is -0.314. The van der Waals surface area contributed by atoms with Crippen molar-refractivity contribution in [3.05, 3.63) is 0 Å². The van der Waals surface area contributed by atoms with E-state index in [0.717, 1.165) is 32.4 Å². The fourth-order valence-corrected chi connectivity index (χ4v) is 3.02. The fraction of sp³-hybridized carbons (Fsp3) is 1.00. The average molecular weight is 183 g/mol. The number of rotatable bonds is 2. The first-order chi connectivity index (χ1) is 6.24. The lowest BCUT2D eigenvalue weighted by Crippen LogP contribution is -2.54. The fourth-order valence-electron chi connectivity index (χ4n) is 3.02. The van der Waals surface area contributed by atoms with Gasteiger partial charge in [0.25, 0.3) is 0 Å². The molecule has 2 aliphatic heterocycles. The zero-order chi connectivity index (χ0) is 9.31. The standard InChI is InChI=1S/C11H21NO/c1-2-5-11(13)6-8-12-7-3-4-10(11)9-12/h10,13H,2-9H2,1H3. The van der Waals surface area contributed by atoms with E-state index in [1.54, 1.807) is 0 Å². The van der Waals surface area contributed by atoms with Gasteiger partial charge in [0.1, 0.15) is 0 Å². The van der Waals surface area contributed by atoms with Crippen molar-refractivity contribution in [1.82, 2.24) is 4.90 Å². The highest BCUT2D eigenvalue weighted by atomic mass is 16.3. The lowest BCUT2D eigenvalue weighted by atomic mass is 9.74. The van der Waals surface area contributed by atoms with Crippen LogP contribution in [-0.2, 0) is 0 Å². The predicted octanol–water partition coefficient (Wildman–Crippen LogP) is 1.63.